The molecule has 0 fully saturated rings. The Morgan fingerprint density at radius 1 is 1.26 bits per heavy atom. The quantitative estimate of drug-likeness (QED) is 0.888. The lowest BCUT2D eigenvalue weighted by atomic mass is 10.1. The van der Waals surface area contributed by atoms with Crippen LogP contribution in [-0.2, 0) is 13.1 Å². The van der Waals surface area contributed by atoms with Gasteiger partial charge in [-0.15, -0.1) is 0 Å². The lowest BCUT2D eigenvalue weighted by molar-refractivity contribution is 0.0694. The van der Waals surface area contributed by atoms with E-state index >= 15 is 0 Å². The summed E-state index contributed by atoms with van der Waals surface area (Å²) < 4.78 is 5.38. The van der Waals surface area contributed by atoms with E-state index < -0.39 is 5.97 Å². The first kappa shape index (κ1) is 17.0. The molecule has 0 atom stereocenters. The third-order valence-corrected chi connectivity index (χ3v) is 3.72. The third-order valence-electron chi connectivity index (χ3n) is 3.72. The van der Waals surface area contributed by atoms with Crippen LogP contribution in [0.25, 0.3) is 0 Å². The number of hydrogen-bond donors (Lipinski definition) is 1. The molecule has 23 heavy (non-hydrogen) atoms. The first-order chi connectivity index (χ1) is 10.9. The topological polar surface area (TPSA) is 62.7 Å². The second-order valence-electron chi connectivity index (χ2n) is 5.74. The molecule has 122 valence electrons. The van der Waals surface area contributed by atoms with Crippen LogP contribution < -0.4 is 4.74 Å². The zero-order valence-electron chi connectivity index (χ0n) is 14.0. The Morgan fingerprint density at radius 2 is 1.91 bits per heavy atom. The number of hydrogen-bond acceptors (Lipinski definition) is 4. The van der Waals surface area contributed by atoms with Gasteiger partial charge in [-0.1, -0.05) is 12.1 Å². The van der Waals surface area contributed by atoms with Gasteiger partial charge in [0.2, 0.25) is 0 Å². The number of methoxy groups -OCH3 is 1. The highest BCUT2D eigenvalue weighted by molar-refractivity contribution is 5.88. The number of aromatic nitrogens is 1. The second-order valence-corrected chi connectivity index (χ2v) is 5.74. The molecule has 0 aliphatic rings. The van der Waals surface area contributed by atoms with Gasteiger partial charge in [-0.25, -0.2) is 4.79 Å². The summed E-state index contributed by atoms with van der Waals surface area (Å²) in [4.78, 5) is 17.5. The van der Waals surface area contributed by atoms with Crippen LogP contribution in [0.5, 0.6) is 5.75 Å². The summed E-state index contributed by atoms with van der Waals surface area (Å²) in [6, 6.07) is 7.42. The maximum atomic E-state index is 11.2. The van der Waals surface area contributed by atoms with Crippen LogP contribution in [0.15, 0.2) is 30.5 Å². The molecule has 2 rings (SSSR count). The second kappa shape index (κ2) is 7.24. The summed E-state index contributed by atoms with van der Waals surface area (Å²) in [5, 5.41) is 9.23. The fraction of sp³-hybridized carbons (Fsp3) is 0.333. The number of aryl methyl sites for hydroxylation is 2. The molecule has 0 amide bonds. The van der Waals surface area contributed by atoms with Crippen molar-refractivity contribution in [3.63, 3.8) is 0 Å². The standard InChI is InChI=1S/C18H22N2O3/c1-12-8-14(9-13(2)17(12)23-4)10-20(3)11-16-15(18(21)22)6-5-7-19-16/h5-9H,10-11H2,1-4H3,(H,21,22). The average Bonchev–Trinajstić information content (AvgIpc) is 2.47. The van der Waals surface area contributed by atoms with Gasteiger partial charge in [0.15, 0.2) is 0 Å². The van der Waals surface area contributed by atoms with Crippen LogP contribution in [-0.4, -0.2) is 35.1 Å². The van der Waals surface area contributed by atoms with Gasteiger partial charge in [0.05, 0.1) is 18.4 Å². The highest BCUT2D eigenvalue weighted by Crippen LogP contribution is 2.25. The molecule has 1 N–H and O–H groups in total. The summed E-state index contributed by atoms with van der Waals surface area (Å²) in [5.41, 5.74) is 4.18. The van der Waals surface area contributed by atoms with E-state index in [1.807, 2.05) is 20.9 Å². The summed E-state index contributed by atoms with van der Waals surface area (Å²) >= 11 is 0. The molecule has 5 heteroatoms. The van der Waals surface area contributed by atoms with Gasteiger partial charge in [-0.2, -0.15) is 0 Å². The van der Waals surface area contributed by atoms with Gasteiger partial charge in [0, 0.05) is 19.3 Å². The van der Waals surface area contributed by atoms with Crippen molar-refractivity contribution in [2.45, 2.75) is 26.9 Å². The normalized spacial score (nSPS) is 10.8. The number of rotatable bonds is 6. The fourth-order valence-electron chi connectivity index (χ4n) is 2.84. The van der Waals surface area contributed by atoms with E-state index in [4.69, 9.17) is 4.74 Å². The Bertz CT molecular complexity index is 690. The molecule has 5 nitrogen and oxygen atoms in total. The number of pyridine rings is 1. The molecule has 0 bridgehead atoms. The van der Waals surface area contributed by atoms with Gasteiger partial charge in [-0.05, 0) is 49.7 Å². The number of carbonyl (C=O) groups is 1. The molecular weight excluding hydrogens is 292 g/mol. The first-order valence-corrected chi connectivity index (χ1v) is 7.42. The predicted octanol–water partition coefficient (Wildman–Crippen LogP) is 3.04. The molecule has 1 aromatic heterocycles. The van der Waals surface area contributed by atoms with E-state index in [1.54, 1.807) is 25.4 Å². The molecule has 0 unspecified atom stereocenters. The summed E-state index contributed by atoms with van der Waals surface area (Å²) in [6.07, 6.45) is 1.62. The van der Waals surface area contributed by atoms with Gasteiger partial charge < -0.3 is 9.84 Å². The van der Waals surface area contributed by atoms with Gasteiger partial charge >= 0.3 is 5.97 Å². The lowest BCUT2D eigenvalue weighted by Gasteiger charge is -2.19. The van der Waals surface area contributed by atoms with Gasteiger partial charge in [0.1, 0.15) is 5.75 Å². The van der Waals surface area contributed by atoms with Crippen molar-refractivity contribution in [3.8, 4) is 5.75 Å². The molecule has 1 aromatic carbocycles. The smallest absolute Gasteiger partial charge is 0.337 e. The third kappa shape index (κ3) is 4.07. The molecule has 0 aliphatic heterocycles. The van der Waals surface area contributed by atoms with E-state index in [9.17, 15) is 9.90 Å². The Morgan fingerprint density at radius 3 is 2.48 bits per heavy atom. The number of benzene rings is 1. The average molecular weight is 314 g/mol. The Kier molecular flexibility index (Phi) is 5.34. The predicted molar refractivity (Wildman–Crippen MR) is 88.8 cm³/mol. The van der Waals surface area contributed by atoms with Crippen molar-refractivity contribution in [2.24, 2.45) is 0 Å². The first-order valence-electron chi connectivity index (χ1n) is 7.42. The van der Waals surface area contributed by atoms with Crippen molar-refractivity contribution < 1.29 is 14.6 Å². The summed E-state index contributed by atoms with van der Waals surface area (Å²) in [6.45, 7) is 5.24. The van der Waals surface area contributed by atoms with E-state index in [1.165, 1.54) is 0 Å². The number of carboxylic acids is 1. The highest BCUT2D eigenvalue weighted by Gasteiger charge is 2.13. The van der Waals surface area contributed by atoms with E-state index in [-0.39, 0.29) is 5.56 Å². The maximum Gasteiger partial charge on any atom is 0.337 e. The monoisotopic (exact) mass is 314 g/mol. The molecule has 0 saturated heterocycles. The minimum absolute atomic E-state index is 0.251. The van der Waals surface area contributed by atoms with Crippen LogP contribution in [0.4, 0.5) is 0 Å². The Labute approximate surface area is 136 Å². The zero-order valence-corrected chi connectivity index (χ0v) is 14.0. The largest absolute Gasteiger partial charge is 0.496 e. The SMILES string of the molecule is COc1c(C)cc(CN(C)Cc2ncccc2C(=O)O)cc1C. The molecule has 0 aliphatic carbocycles. The van der Waals surface area contributed by atoms with Crippen LogP contribution in [0.3, 0.4) is 0 Å². The molecule has 0 saturated carbocycles. The molecule has 0 spiro atoms. The summed E-state index contributed by atoms with van der Waals surface area (Å²) in [7, 11) is 3.63. The van der Waals surface area contributed by atoms with E-state index in [2.05, 4.69) is 22.0 Å². The number of nitrogens with zero attached hydrogens (tertiary/aromatic N) is 2. The van der Waals surface area contributed by atoms with E-state index in [0.717, 1.165) is 22.4 Å². The fourth-order valence-corrected chi connectivity index (χ4v) is 2.84. The molecule has 2 aromatic rings. The van der Waals surface area contributed by atoms with Crippen molar-refractivity contribution >= 4 is 5.97 Å². The van der Waals surface area contributed by atoms with Crippen molar-refractivity contribution in [1.82, 2.24) is 9.88 Å². The van der Waals surface area contributed by atoms with Crippen molar-refractivity contribution in [2.75, 3.05) is 14.2 Å². The zero-order chi connectivity index (χ0) is 17.0. The highest BCUT2D eigenvalue weighted by atomic mass is 16.5. The van der Waals surface area contributed by atoms with Gasteiger partial charge in [-0.3, -0.25) is 9.88 Å². The van der Waals surface area contributed by atoms with Crippen LogP contribution in [0.2, 0.25) is 0 Å². The van der Waals surface area contributed by atoms with E-state index in [0.29, 0.717) is 18.8 Å². The molecule has 0 radical (unpaired) electrons. The molecular formula is C18H22N2O3. The number of ether oxygens (including phenoxy) is 1. The minimum atomic E-state index is -0.947. The minimum Gasteiger partial charge on any atom is -0.496 e. The molecule has 1 heterocycles. The maximum absolute atomic E-state index is 11.2. The summed E-state index contributed by atoms with van der Waals surface area (Å²) in [5.74, 6) is -0.0353. The van der Waals surface area contributed by atoms with Crippen LogP contribution in [0.1, 0.15) is 32.7 Å². The number of aromatic carboxylic acids is 1. The number of carboxylic acid groups (broad SMARTS) is 1. The lowest BCUT2D eigenvalue weighted by Crippen LogP contribution is -2.20. The van der Waals surface area contributed by atoms with Crippen LogP contribution >= 0.6 is 0 Å². The van der Waals surface area contributed by atoms with Crippen molar-refractivity contribution in [3.05, 3.63) is 58.4 Å². The Hall–Kier alpha value is -2.40. The van der Waals surface area contributed by atoms with Crippen molar-refractivity contribution in [1.29, 1.82) is 0 Å². The van der Waals surface area contributed by atoms with Gasteiger partial charge in [0.25, 0.3) is 0 Å². The van der Waals surface area contributed by atoms with Crippen LogP contribution in [0, 0.1) is 13.8 Å². The Balaban J connectivity index is 2.14.